The zero-order valence-corrected chi connectivity index (χ0v) is 15.5. The van der Waals surface area contributed by atoms with Crippen LogP contribution in [0.5, 0.6) is 0 Å². The third-order valence-electron chi connectivity index (χ3n) is 4.31. The van der Waals surface area contributed by atoms with Gasteiger partial charge < -0.3 is 5.73 Å². The first-order valence-corrected chi connectivity index (χ1v) is 9.03. The summed E-state index contributed by atoms with van der Waals surface area (Å²) in [7, 11) is 0. The van der Waals surface area contributed by atoms with Crippen LogP contribution in [-0.2, 0) is 17.9 Å². The molecule has 3 rings (SSSR count). The van der Waals surface area contributed by atoms with Crippen LogP contribution in [0.1, 0.15) is 23.1 Å². The summed E-state index contributed by atoms with van der Waals surface area (Å²) in [6.07, 6.45) is 4.04. The molecular formula is C22H24N4O. The van der Waals surface area contributed by atoms with Crippen LogP contribution in [0.25, 0.3) is 11.4 Å². The van der Waals surface area contributed by atoms with Gasteiger partial charge in [-0.25, -0.2) is 9.97 Å². The molecule has 2 aromatic carbocycles. The summed E-state index contributed by atoms with van der Waals surface area (Å²) in [5.41, 5.74) is 9.73. The quantitative estimate of drug-likeness (QED) is 0.669. The third-order valence-corrected chi connectivity index (χ3v) is 4.31. The normalized spacial score (nSPS) is 10.9. The van der Waals surface area contributed by atoms with Crippen molar-refractivity contribution in [3.05, 3.63) is 83.7 Å². The van der Waals surface area contributed by atoms with Gasteiger partial charge in [-0.15, -0.1) is 0 Å². The van der Waals surface area contributed by atoms with E-state index in [0.717, 1.165) is 17.7 Å². The number of hydrogen-bond acceptors (Lipinski definition) is 4. The molecule has 1 heterocycles. The lowest BCUT2D eigenvalue weighted by Crippen LogP contribution is -2.27. The molecule has 5 heteroatoms. The zero-order chi connectivity index (χ0) is 19.1. The molecular weight excluding hydrogens is 336 g/mol. The summed E-state index contributed by atoms with van der Waals surface area (Å²) in [5, 5.41) is 0. The molecule has 2 N–H and O–H groups in total. The minimum Gasteiger partial charge on any atom is -0.370 e. The van der Waals surface area contributed by atoms with Gasteiger partial charge in [0.2, 0.25) is 5.91 Å². The van der Waals surface area contributed by atoms with Gasteiger partial charge in [0, 0.05) is 49.6 Å². The average Bonchev–Trinajstić information content (AvgIpc) is 2.67. The Morgan fingerprint density at radius 1 is 0.963 bits per heavy atom. The Morgan fingerprint density at radius 3 is 2.33 bits per heavy atom. The lowest BCUT2D eigenvalue weighted by molar-refractivity contribution is -0.118. The largest absolute Gasteiger partial charge is 0.370 e. The maximum Gasteiger partial charge on any atom is 0.218 e. The number of hydrogen-bond donors (Lipinski definition) is 1. The third kappa shape index (κ3) is 5.72. The summed E-state index contributed by atoms with van der Waals surface area (Å²) >= 11 is 0. The number of nitrogens with two attached hydrogens (primary N) is 1. The number of aryl methyl sites for hydroxylation is 1. The van der Waals surface area contributed by atoms with E-state index in [1.807, 2.05) is 42.7 Å². The van der Waals surface area contributed by atoms with Crippen molar-refractivity contribution in [1.29, 1.82) is 0 Å². The number of benzene rings is 2. The SMILES string of the molecule is Cc1cccc(-c2ncc(CN(CCC(N)=O)Cc3ccccc3)cn2)c1. The van der Waals surface area contributed by atoms with E-state index in [4.69, 9.17) is 5.73 Å². The predicted molar refractivity (Wildman–Crippen MR) is 107 cm³/mol. The fourth-order valence-corrected chi connectivity index (χ4v) is 2.95. The van der Waals surface area contributed by atoms with Crippen LogP contribution in [-0.4, -0.2) is 27.3 Å². The van der Waals surface area contributed by atoms with E-state index < -0.39 is 0 Å². The first-order valence-electron chi connectivity index (χ1n) is 9.03. The zero-order valence-electron chi connectivity index (χ0n) is 15.5. The maximum atomic E-state index is 11.2. The number of carbonyl (C=O) groups excluding carboxylic acids is 1. The molecule has 1 amide bonds. The molecule has 0 unspecified atom stereocenters. The van der Waals surface area contributed by atoms with Gasteiger partial charge in [0.15, 0.2) is 5.82 Å². The fraction of sp³-hybridized carbons (Fsp3) is 0.227. The second-order valence-corrected chi connectivity index (χ2v) is 6.70. The summed E-state index contributed by atoms with van der Waals surface area (Å²) in [4.78, 5) is 22.4. The Hall–Kier alpha value is -3.05. The molecule has 27 heavy (non-hydrogen) atoms. The van der Waals surface area contributed by atoms with Crippen LogP contribution >= 0.6 is 0 Å². The second-order valence-electron chi connectivity index (χ2n) is 6.70. The van der Waals surface area contributed by atoms with Gasteiger partial charge in [0.05, 0.1) is 0 Å². The van der Waals surface area contributed by atoms with Gasteiger partial charge in [0.25, 0.3) is 0 Å². The van der Waals surface area contributed by atoms with Gasteiger partial charge in [0.1, 0.15) is 0 Å². The molecule has 0 aliphatic rings. The number of rotatable bonds is 8. The fourth-order valence-electron chi connectivity index (χ4n) is 2.95. The first-order chi connectivity index (χ1) is 13.1. The Labute approximate surface area is 159 Å². The molecule has 0 saturated carbocycles. The maximum absolute atomic E-state index is 11.2. The predicted octanol–water partition coefficient (Wildman–Crippen LogP) is 3.33. The minimum atomic E-state index is -0.292. The van der Waals surface area contributed by atoms with Crippen molar-refractivity contribution in [2.45, 2.75) is 26.4 Å². The molecule has 0 saturated heterocycles. The van der Waals surface area contributed by atoms with Crippen molar-refractivity contribution in [2.24, 2.45) is 5.73 Å². The van der Waals surface area contributed by atoms with Crippen LogP contribution in [0.15, 0.2) is 67.0 Å². The highest BCUT2D eigenvalue weighted by molar-refractivity contribution is 5.73. The lowest BCUT2D eigenvalue weighted by atomic mass is 10.1. The average molecular weight is 360 g/mol. The number of primary amides is 1. The molecule has 0 bridgehead atoms. The van der Waals surface area contributed by atoms with Crippen LogP contribution < -0.4 is 5.73 Å². The summed E-state index contributed by atoms with van der Waals surface area (Å²) < 4.78 is 0. The Bertz CT molecular complexity index is 878. The molecule has 1 aromatic heterocycles. The van der Waals surface area contributed by atoms with E-state index in [9.17, 15) is 4.79 Å². The standard InChI is InChI=1S/C22H24N4O/c1-17-6-5-9-20(12-17)22-24-13-19(14-25-22)16-26(11-10-21(23)27)15-18-7-3-2-4-8-18/h2-9,12-14H,10-11,15-16H2,1H3,(H2,23,27). The van der Waals surface area contributed by atoms with Gasteiger partial charge in [-0.3, -0.25) is 9.69 Å². The van der Waals surface area contributed by atoms with E-state index in [1.165, 1.54) is 11.1 Å². The molecule has 0 fully saturated rings. The van der Waals surface area contributed by atoms with Gasteiger partial charge in [-0.1, -0.05) is 54.1 Å². The minimum absolute atomic E-state index is 0.292. The van der Waals surface area contributed by atoms with E-state index in [2.05, 4.69) is 46.1 Å². The number of aromatic nitrogens is 2. The Morgan fingerprint density at radius 2 is 1.67 bits per heavy atom. The Kier molecular flexibility index (Phi) is 6.28. The van der Waals surface area contributed by atoms with E-state index in [0.29, 0.717) is 25.3 Å². The van der Waals surface area contributed by atoms with Crippen LogP contribution in [0, 0.1) is 6.92 Å². The molecule has 138 valence electrons. The highest BCUT2D eigenvalue weighted by atomic mass is 16.1. The summed E-state index contributed by atoms with van der Waals surface area (Å²) in [6, 6.07) is 18.3. The van der Waals surface area contributed by atoms with Crippen LogP contribution in [0.3, 0.4) is 0 Å². The van der Waals surface area contributed by atoms with Crippen molar-refractivity contribution in [3.63, 3.8) is 0 Å². The van der Waals surface area contributed by atoms with Gasteiger partial charge in [-0.2, -0.15) is 0 Å². The van der Waals surface area contributed by atoms with Gasteiger partial charge in [-0.05, 0) is 18.6 Å². The molecule has 0 radical (unpaired) electrons. The van der Waals surface area contributed by atoms with Crippen molar-refractivity contribution in [2.75, 3.05) is 6.54 Å². The van der Waals surface area contributed by atoms with E-state index in [-0.39, 0.29) is 5.91 Å². The first kappa shape index (κ1) is 18.7. The van der Waals surface area contributed by atoms with E-state index >= 15 is 0 Å². The monoisotopic (exact) mass is 360 g/mol. The smallest absolute Gasteiger partial charge is 0.218 e. The lowest BCUT2D eigenvalue weighted by Gasteiger charge is -2.21. The number of amides is 1. The molecule has 0 aliphatic heterocycles. The second kappa shape index (κ2) is 9.05. The molecule has 3 aromatic rings. The van der Waals surface area contributed by atoms with Crippen molar-refractivity contribution >= 4 is 5.91 Å². The van der Waals surface area contributed by atoms with E-state index in [1.54, 1.807) is 0 Å². The molecule has 0 atom stereocenters. The Balaban J connectivity index is 1.71. The highest BCUT2D eigenvalue weighted by Crippen LogP contribution is 2.16. The molecule has 0 aliphatic carbocycles. The molecule has 5 nitrogen and oxygen atoms in total. The summed E-state index contributed by atoms with van der Waals surface area (Å²) in [5.74, 6) is 0.424. The topological polar surface area (TPSA) is 72.1 Å². The summed E-state index contributed by atoms with van der Waals surface area (Å²) in [6.45, 7) is 4.06. The van der Waals surface area contributed by atoms with Crippen LogP contribution in [0.4, 0.5) is 0 Å². The van der Waals surface area contributed by atoms with Crippen LogP contribution in [0.2, 0.25) is 0 Å². The number of carbonyl (C=O) groups is 1. The van der Waals surface area contributed by atoms with Crippen molar-refractivity contribution in [1.82, 2.24) is 14.9 Å². The van der Waals surface area contributed by atoms with Gasteiger partial charge >= 0.3 is 0 Å². The highest BCUT2D eigenvalue weighted by Gasteiger charge is 2.10. The number of nitrogens with zero attached hydrogens (tertiary/aromatic N) is 3. The van der Waals surface area contributed by atoms with Crippen molar-refractivity contribution in [3.8, 4) is 11.4 Å². The molecule has 0 spiro atoms. The van der Waals surface area contributed by atoms with Crippen molar-refractivity contribution < 1.29 is 4.79 Å².